The monoisotopic (exact) mass is 271 g/mol. The third-order valence-corrected chi connectivity index (χ3v) is 4.02. The zero-order valence-electron chi connectivity index (χ0n) is 10.1. The maximum Gasteiger partial charge on any atom is 0.195 e. The van der Waals surface area contributed by atoms with Crippen LogP contribution in [0.1, 0.15) is 21.9 Å². The summed E-state index contributed by atoms with van der Waals surface area (Å²) in [6, 6.07) is 15.5. The van der Waals surface area contributed by atoms with Crippen LogP contribution in [0.5, 0.6) is 11.8 Å². The van der Waals surface area contributed by atoms with Crippen LogP contribution in [0.3, 0.4) is 0 Å². The molecule has 0 spiro atoms. The Hall–Kier alpha value is -2.20. The van der Waals surface area contributed by atoms with Gasteiger partial charge in [0.2, 0.25) is 0 Å². The highest BCUT2D eigenvalue weighted by Crippen LogP contribution is 2.39. The topological polar surface area (TPSA) is 56.2 Å². The van der Waals surface area contributed by atoms with Gasteiger partial charge in [-0.25, -0.2) is 0 Å². The lowest BCUT2D eigenvalue weighted by Gasteiger charge is -2.15. The highest BCUT2D eigenvalue weighted by Gasteiger charge is 2.22. The van der Waals surface area contributed by atoms with Gasteiger partial charge in [-0.2, -0.15) is 0 Å². The number of nitrogens with one attached hydrogen (secondary N) is 1. The van der Waals surface area contributed by atoms with E-state index in [2.05, 4.69) is 4.98 Å². The Labute approximate surface area is 114 Å². The number of H-pyrrole nitrogens is 1. The molecule has 0 aliphatic heterocycles. The van der Waals surface area contributed by atoms with Crippen LogP contribution in [-0.2, 0) is 0 Å². The van der Waals surface area contributed by atoms with Crippen LogP contribution in [0, 0.1) is 0 Å². The molecule has 1 unspecified atom stereocenters. The summed E-state index contributed by atoms with van der Waals surface area (Å²) < 4.78 is 0. The summed E-state index contributed by atoms with van der Waals surface area (Å²) in [5.41, 5.74) is 1.77. The number of rotatable bonds is 3. The number of hydrogen-bond acceptors (Lipinski definition) is 3. The molecule has 2 heterocycles. The third-order valence-electron chi connectivity index (χ3n) is 3.08. The van der Waals surface area contributed by atoms with Crippen molar-refractivity contribution >= 4 is 11.3 Å². The number of benzene rings is 1. The number of thiophene rings is 1. The standard InChI is InChI=1S/C15H13NO2S/c17-13-9-11(15(18)16-13)14(12-7-4-8-19-12)10-5-2-1-3-6-10/h1-9,14,16-18H. The SMILES string of the molecule is Oc1cc(C(c2ccccc2)c2cccs2)c(O)[nH]1. The average molecular weight is 271 g/mol. The molecule has 0 aliphatic carbocycles. The Morgan fingerprint density at radius 3 is 2.37 bits per heavy atom. The molecule has 0 aliphatic rings. The van der Waals surface area contributed by atoms with E-state index >= 15 is 0 Å². The predicted octanol–water partition coefficient (Wildman–Crippen LogP) is 3.67. The van der Waals surface area contributed by atoms with Gasteiger partial charge in [-0.3, -0.25) is 4.98 Å². The molecule has 0 fully saturated rings. The van der Waals surface area contributed by atoms with Crippen LogP contribution in [0.2, 0.25) is 0 Å². The van der Waals surface area contributed by atoms with Gasteiger partial charge < -0.3 is 10.2 Å². The molecule has 19 heavy (non-hydrogen) atoms. The van der Waals surface area contributed by atoms with Gasteiger partial charge in [0.25, 0.3) is 0 Å². The minimum Gasteiger partial charge on any atom is -0.495 e. The van der Waals surface area contributed by atoms with Crippen molar-refractivity contribution in [2.75, 3.05) is 0 Å². The van der Waals surface area contributed by atoms with Crippen molar-refractivity contribution in [3.05, 3.63) is 69.9 Å². The first kappa shape index (κ1) is 11.9. The van der Waals surface area contributed by atoms with E-state index in [0.717, 1.165) is 10.4 Å². The first-order valence-corrected chi connectivity index (χ1v) is 6.83. The second-order valence-corrected chi connectivity index (χ2v) is 5.30. The fourth-order valence-electron chi connectivity index (χ4n) is 2.26. The molecule has 3 N–H and O–H groups in total. The Balaban J connectivity index is 2.15. The third kappa shape index (κ3) is 2.22. The van der Waals surface area contributed by atoms with E-state index in [1.807, 2.05) is 47.8 Å². The van der Waals surface area contributed by atoms with E-state index in [0.29, 0.717) is 5.56 Å². The molecule has 3 rings (SSSR count). The van der Waals surface area contributed by atoms with Gasteiger partial charge in [0, 0.05) is 22.4 Å². The normalized spacial score (nSPS) is 12.4. The zero-order chi connectivity index (χ0) is 13.2. The van der Waals surface area contributed by atoms with Gasteiger partial charge in [-0.15, -0.1) is 11.3 Å². The average Bonchev–Trinajstić information content (AvgIpc) is 3.03. The van der Waals surface area contributed by atoms with Crippen LogP contribution in [0.15, 0.2) is 53.9 Å². The van der Waals surface area contributed by atoms with Crippen molar-refractivity contribution in [1.82, 2.24) is 4.98 Å². The van der Waals surface area contributed by atoms with E-state index in [4.69, 9.17) is 0 Å². The van der Waals surface area contributed by atoms with Crippen molar-refractivity contribution in [2.45, 2.75) is 5.92 Å². The molecule has 1 aromatic carbocycles. The minimum atomic E-state index is -0.0710. The molecule has 4 heteroatoms. The van der Waals surface area contributed by atoms with Gasteiger partial charge >= 0.3 is 0 Å². The first-order chi connectivity index (χ1) is 9.25. The lowest BCUT2D eigenvalue weighted by molar-refractivity contribution is 0.423. The van der Waals surface area contributed by atoms with E-state index in [1.165, 1.54) is 0 Å². The molecule has 1 atom stereocenters. The van der Waals surface area contributed by atoms with Crippen molar-refractivity contribution < 1.29 is 10.2 Å². The largest absolute Gasteiger partial charge is 0.495 e. The smallest absolute Gasteiger partial charge is 0.195 e. The quantitative estimate of drug-likeness (QED) is 0.680. The second-order valence-electron chi connectivity index (χ2n) is 4.32. The van der Waals surface area contributed by atoms with Crippen LogP contribution >= 0.6 is 11.3 Å². The Kier molecular flexibility index (Phi) is 3.01. The maximum absolute atomic E-state index is 9.95. The van der Waals surface area contributed by atoms with Crippen molar-refractivity contribution in [3.8, 4) is 11.8 Å². The minimum absolute atomic E-state index is 0.0137. The Morgan fingerprint density at radius 1 is 1.00 bits per heavy atom. The van der Waals surface area contributed by atoms with E-state index in [-0.39, 0.29) is 17.7 Å². The zero-order valence-corrected chi connectivity index (χ0v) is 10.9. The molecule has 0 bridgehead atoms. The predicted molar refractivity (Wildman–Crippen MR) is 75.8 cm³/mol. The van der Waals surface area contributed by atoms with Gasteiger partial charge in [0.05, 0.1) is 0 Å². The lowest BCUT2D eigenvalue weighted by atomic mass is 9.91. The molecule has 3 nitrogen and oxygen atoms in total. The van der Waals surface area contributed by atoms with Crippen LogP contribution in [-0.4, -0.2) is 15.2 Å². The Bertz CT molecular complexity index is 659. The van der Waals surface area contributed by atoms with Gasteiger partial charge in [0.15, 0.2) is 11.8 Å². The summed E-state index contributed by atoms with van der Waals surface area (Å²) in [6.07, 6.45) is 0. The van der Waals surface area contributed by atoms with Gasteiger partial charge in [-0.1, -0.05) is 36.4 Å². The molecule has 0 saturated heterocycles. The number of aromatic nitrogens is 1. The summed E-state index contributed by atoms with van der Waals surface area (Å²) in [6.45, 7) is 0. The second kappa shape index (κ2) is 4.82. The van der Waals surface area contributed by atoms with E-state index in [1.54, 1.807) is 17.4 Å². The molecule has 0 radical (unpaired) electrons. The van der Waals surface area contributed by atoms with Crippen LogP contribution in [0.25, 0.3) is 0 Å². The number of aromatic amines is 1. The van der Waals surface area contributed by atoms with Crippen molar-refractivity contribution in [1.29, 1.82) is 0 Å². The van der Waals surface area contributed by atoms with Crippen LogP contribution in [0.4, 0.5) is 0 Å². The molecule has 2 aromatic heterocycles. The summed E-state index contributed by atoms with van der Waals surface area (Å²) >= 11 is 1.63. The molecule has 3 aromatic rings. The fourth-order valence-corrected chi connectivity index (χ4v) is 3.13. The summed E-state index contributed by atoms with van der Waals surface area (Å²) in [5, 5.41) is 21.5. The summed E-state index contributed by atoms with van der Waals surface area (Å²) in [7, 11) is 0. The highest BCUT2D eigenvalue weighted by molar-refractivity contribution is 7.10. The molecular weight excluding hydrogens is 258 g/mol. The van der Waals surface area contributed by atoms with Gasteiger partial charge in [0.1, 0.15) is 0 Å². The van der Waals surface area contributed by atoms with E-state index in [9.17, 15) is 10.2 Å². The summed E-state index contributed by atoms with van der Waals surface area (Å²) in [4.78, 5) is 3.66. The Morgan fingerprint density at radius 2 is 1.79 bits per heavy atom. The van der Waals surface area contributed by atoms with Gasteiger partial charge in [-0.05, 0) is 17.0 Å². The summed E-state index contributed by atoms with van der Waals surface area (Å²) in [5.74, 6) is -0.0805. The molecule has 0 amide bonds. The fraction of sp³-hybridized carbons (Fsp3) is 0.0667. The molecular formula is C15H13NO2S. The lowest BCUT2D eigenvalue weighted by Crippen LogP contribution is -2.00. The first-order valence-electron chi connectivity index (χ1n) is 5.95. The number of hydrogen-bond donors (Lipinski definition) is 3. The van der Waals surface area contributed by atoms with Crippen LogP contribution < -0.4 is 0 Å². The van der Waals surface area contributed by atoms with Crippen molar-refractivity contribution in [3.63, 3.8) is 0 Å². The number of aromatic hydroxyl groups is 2. The van der Waals surface area contributed by atoms with E-state index < -0.39 is 0 Å². The molecule has 96 valence electrons. The van der Waals surface area contributed by atoms with Crippen molar-refractivity contribution in [2.24, 2.45) is 0 Å². The maximum atomic E-state index is 9.95. The molecule has 0 saturated carbocycles. The highest BCUT2D eigenvalue weighted by atomic mass is 32.1.